The van der Waals surface area contributed by atoms with Gasteiger partial charge in [0, 0.05) is 22.5 Å². The van der Waals surface area contributed by atoms with E-state index in [-0.39, 0.29) is 5.97 Å². The molecule has 0 amide bonds. The molecule has 0 saturated heterocycles. The van der Waals surface area contributed by atoms with Crippen LogP contribution in [0.25, 0.3) is 0 Å². The van der Waals surface area contributed by atoms with Crippen molar-refractivity contribution in [3.63, 3.8) is 0 Å². The number of hydrogen-bond donors (Lipinski definition) is 1. The molecule has 2 aromatic rings. The van der Waals surface area contributed by atoms with Gasteiger partial charge in [-0.15, -0.1) is 11.3 Å². The van der Waals surface area contributed by atoms with Crippen molar-refractivity contribution in [2.24, 2.45) is 0 Å². The summed E-state index contributed by atoms with van der Waals surface area (Å²) in [6, 6.07) is 5.71. The predicted molar refractivity (Wildman–Crippen MR) is 86.5 cm³/mol. The zero-order valence-corrected chi connectivity index (χ0v) is 13.6. The van der Waals surface area contributed by atoms with E-state index in [9.17, 15) is 4.79 Å². The van der Waals surface area contributed by atoms with Gasteiger partial charge in [-0.2, -0.15) is 0 Å². The average molecular weight is 325 g/mol. The summed E-state index contributed by atoms with van der Waals surface area (Å²) >= 11 is 7.60. The molecule has 0 bridgehead atoms. The Morgan fingerprint density at radius 2 is 2.29 bits per heavy atom. The maximum absolute atomic E-state index is 11.3. The van der Waals surface area contributed by atoms with Crippen molar-refractivity contribution in [3.05, 3.63) is 39.9 Å². The smallest absolute Gasteiger partial charge is 0.306 e. The van der Waals surface area contributed by atoms with Gasteiger partial charge in [0.2, 0.25) is 0 Å². The highest BCUT2D eigenvalue weighted by Gasteiger charge is 2.08. The zero-order chi connectivity index (χ0) is 15.2. The summed E-state index contributed by atoms with van der Waals surface area (Å²) < 4.78 is 4.90. The van der Waals surface area contributed by atoms with Gasteiger partial charge in [-0.25, -0.2) is 4.98 Å². The van der Waals surface area contributed by atoms with Crippen LogP contribution in [0.5, 0.6) is 0 Å². The molecule has 0 aliphatic carbocycles. The number of esters is 1. The number of nitrogens with zero attached hydrogens (tertiary/aromatic N) is 1. The predicted octanol–water partition coefficient (Wildman–Crippen LogP) is 4.34. The van der Waals surface area contributed by atoms with E-state index in [2.05, 4.69) is 10.3 Å². The maximum Gasteiger partial charge on any atom is 0.306 e. The summed E-state index contributed by atoms with van der Waals surface area (Å²) in [4.78, 5) is 15.8. The van der Waals surface area contributed by atoms with Crippen LogP contribution in [0, 0.1) is 6.92 Å². The molecule has 4 nitrogen and oxygen atoms in total. The summed E-state index contributed by atoms with van der Waals surface area (Å²) in [7, 11) is 0. The van der Waals surface area contributed by atoms with Crippen molar-refractivity contribution in [2.45, 2.75) is 26.7 Å². The van der Waals surface area contributed by atoms with E-state index in [1.807, 2.05) is 30.5 Å². The molecule has 0 radical (unpaired) electrons. The van der Waals surface area contributed by atoms with E-state index in [1.165, 1.54) is 11.3 Å². The van der Waals surface area contributed by atoms with E-state index in [1.54, 1.807) is 6.92 Å². The normalized spacial score (nSPS) is 10.4. The van der Waals surface area contributed by atoms with Gasteiger partial charge in [0.25, 0.3) is 0 Å². The fraction of sp³-hybridized carbons (Fsp3) is 0.333. The lowest BCUT2D eigenvalue weighted by Gasteiger charge is -2.07. The van der Waals surface area contributed by atoms with Crippen LogP contribution < -0.4 is 5.32 Å². The number of nitrogens with one attached hydrogen (secondary N) is 1. The van der Waals surface area contributed by atoms with E-state index >= 15 is 0 Å². The number of rotatable bonds is 6. The second-order valence-corrected chi connectivity index (χ2v) is 5.75. The highest BCUT2D eigenvalue weighted by molar-refractivity contribution is 7.13. The third kappa shape index (κ3) is 4.44. The number of aryl methyl sites for hydroxylation is 1. The van der Waals surface area contributed by atoms with Gasteiger partial charge in [-0.3, -0.25) is 4.79 Å². The number of halogens is 1. The first kappa shape index (κ1) is 15.8. The van der Waals surface area contributed by atoms with Gasteiger partial charge in [0.1, 0.15) is 0 Å². The molecule has 0 aliphatic heterocycles. The van der Waals surface area contributed by atoms with Crippen molar-refractivity contribution >= 4 is 39.7 Å². The molecular formula is C15H17ClN2O2S. The van der Waals surface area contributed by atoms with Crippen LogP contribution in [0.2, 0.25) is 5.02 Å². The topological polar surface area (TPSA) is 51.2 Å². The quantitative estimate of drug-likeness (QED) is 0.803. The average Bonchev–Trinajstić information content (AvgIpc) is 2.90. The second-order valence-electron chi connectivity index (χ2n) is 4.49. The van der Waals surface area contributed by atoms with Crippen molar-refractivity contribution in [1.29, 1.82) is 0 Å². The van der Waals surface area contributed by atoms with E-state index < -0.39 is 0 Å². The Labute approximate surface area is 133 Å². The molecule has 0 unspecified atom stereocenters. The third-order valence-electron chi connectivity index (χ3n) is 2.95. The van der Waals surface area contributed by atoms with Crippen molar-refractivity contribution in [1.82, 2.24) is 4.98 Å². The Hall–Kier alpha value is -1.59. The lowest BCUT2D eigenvalue weighted by Crippen LogP contribution is -2.05. The monoisotopic (exact) mass is 324 g/mol. The molecule has 0 aliphatic rings. The standard InChI is InChI=1S/C15H17ClN2O2S/c1-3-20-14(19)8-7-11-9-21-15(17-11)18-13-6-4-5-12(16)10(13)2/h4-6,9H,3,7-8H2,1-2H3,(H,17,18). The van der Waals surface area contributed by atoms with Crippen LogP contribution in [-0.2, 0) is 16.0 Å². The van der Waals surface area contributed by atoms with Crippen molar-refractivity contribution < 1.29 is 9.53 Å². The van der Waals surface area contributed by atoms with Crippen LogP contribution in [0.3, 0.4) is 0 Å². The second kappa shape index (κ2) is 7.43. The first-order valence-corrected chi connectivity index (χ1v) is 7.98. The summed E-state index contributed by atoms with van der Waals surface area (Å²) in [5, 5.41) is 6.71. The van der Waals surface area contributed by atoms with Crippen LogP contribution in [0.1, 0.15) is 24.6 Å². The Morgan fingerprint density at radius 1 is 1.48 bits per heavy atom. The number of benzene rings is 1. The van der Waals surface area contributed by atoms with Crippen molar-refractivity contribution in [3.8, 4) is 0 Å². The van der Waals surface area contributed by atoms with E-state index in [0.29, 0.717) is 19.4 Å². The highest BCUT2D eigenvalue weighted by Crippen LogP contribution is 2.27. The molecule has 112 valence electrons. The van der Waals surface area contributed by atoms with Gasteiger partial charge < -0.3 is 10.1 Å². The molecule has 2 rings (SSSR count). The first-order chi connectivity index (χ1) is 10.1. The van der Waals surface area contributed by atoms with Gasteiger partial charge in [-0.05, 0) is 31.5 Å². The molecule has 0 spiro atoms. The van der Waals surface area contributed by atoms with Crippen LogP contribution in [0.15, 0.2) is 23.6 Å². The van der Waals surface area contributed by atoms with Crippen LogP contribution in [0.4, 0.5) is 10.8 Å². The van der Waals surface area contributed by atoms with E-state index in [4.69, 9.17) is 16.3 Å². The molecule has 1 aromatic heterocycles. The number of thiazole rings is 1. The lowest BCUT2D eigenvalue weighted by molar-refractivity contribution is -0.143. The largest absolute Gasteiger partial charge is 0.466 e. The minimum Gasteiger partial charge on any atom is -0.466 e. The summed E-state index contributed by atoms with van der Waals surface area (Å²) in [5.74, 6) is -0.189. The summed E-state index contributed by atoms with van der Waals surface area (Å²) in [6.45, 7) is 4.17. The number of carbonyl (C=O) groups excluding carboxylic acids is 1. The van der Waals surface area contributed by atoms with E-state index in [0.717, 1.165) is 27.1 Å². The van der Waals surface area contributed by atoms with Crippen LogP contribution in [-0.4, -0.2) is 17.6 Å². The molecule has 0 saturated carbocycles. The Morgan fingerprint density at radius 3 is 3.05 bits per heavy atom. The SMILES string of the molecule is CCOC(=O)CCc1csc(Nc2cccc(Cl)c2C)n1. The molecule has 0 fully saturated rings. The lowest BCUT2D eigenvalue weighted by atomic mass is 10.2. The molecule has 6 heteroatoms. The minimum atomic E-state index is -0.189. The molecule has 1 N–H and O–H groups in total. The van der Waals surface area contributed by atoms with Gasteiger partial charge in [0.05, 0.1) is 18.7 Å². The fourth-order valence-electron chi connectivity index (χ4n) is 1.80. The highest BCUT2D eigenvalue weighted by atomic mass is 35.5. The number of hydrogen-bond acceptors (Lipinski definition) is 5. The first-order valence-electron chi connectivity index (χ1n) is 6.72. The molecule has 0 atom stereocenters. The number of ether oxygens (including phenoxy) is 1. The number of anilines is 2. The Kier molecular flexibility index (Phi) is 5.59. The van der Waals surface area contributed by atoms with Crippen molar-refractivity contribution in [2.75, 3.05) is 11.9 Å². The number of aromatic nitrogens is 1. The minimum absolute atomic E-state index is 0.189. The van der Waals surface area contributed by atoms with Gasteiger partial charge in [-0.1, -0.05) is 17.7 Å². The molecule has 1 heterocycles. The van der Waals surface area contributed by atoms with Crippen LogP contribution >= 0.6 is 22.9 Å². The van der Waals surface area contributed by atoms with Gasteiger partial charge >= 0.3 is 5.97 Å². The number of carbonyl (C=O) groups is 1. The Bertz CT molecular complexity index is 628. The molecule has 21 heavy (non-hydrogen) atoms. The third-order valence-corrected chi connectivity index (χ3v) is 4.17. The summed E-state index contributed by atoms with van der Waals surface area (Å²) in [5.41, 5.74) is 2.81. The maximum atomic E-state index is 11.3. The zero-order valence-electron chi connectivity index (χ0n) is 12.0. The van der Waals surface area contributed by atoms with Gasteiger partial charge in [0.15, 0.2) is 5.13 Å². The summed E-state index contributed by atoms with van der Waals surface area (Å²) in [6.07, 6.45) is 0.943. The fourth-order valence-corrected chi connectivity index (χ4v) is 2.73. The molecule has 1 aromatic carbocycles. The Balaban J connectivity index is 1.97. The molecular weight excluding hydrogens is 308 g/mol.